The van der Waals surface area contributed by atoms with E-state index in [4.69, 9.17) is 4.42 Å². The zero-order valence-electron chi connectivity index (χ0n) is 9.08. The van der Waals surface area contributed by atoms with E-state index in [9.17, 15) is 4.79 Å². The number of furan rings is 1. The summed E-state index contributed by atoms with van der Waals surface area (Å²) >= 11 is 0. The van der Waals surface area contributed by atoms with E-state index in [0.29, 0.717) is 5.78 Å². The molecule has 0 aliphatic heterocycles. The first kappa shape index (κ1) is 10.2. The first-order valence-corrected chi connectivity index (χ1v) is 5.50. The van der Waals surface area contributed by atoms with Crippen molar-refractivity contribution >= 4 is 5.78 Å². The SMILES string of the molecule is CC1=C(CCc2ccoc2)C(=O)CCC1. The van der Waals surface area contributed by atoms with Crippen molar-refractivity contribution in [2.24, 2.45) is 0 Å². The van der Waals surface area contributed by atoms with Gasteiger partial charge in [-0.3, -0.25) is 4.79 Å². The quantitative estimate of drug-likeness (QED) is 0.756. The van der Waals surface area contributed by atoms with Gasteiger partial charge >= 0.3 is 0 Å². The molecule has 2 nitrogen and oxygen atoms in total. The Kier molecular flexibility index (Phi) is 3.05. The Morgan fingerprint density at radius 3 is 2.87 bits per heavy atom. The number of Topliss-reactive ketones (excluding diaryl/α,β-unsaturated/α-hetero) is 1. The zero-order chi connectivity index (χ0) is 10.7. The maximum absolute atomic E-state index is 11.7. The maximum atomic E-state index is 11.7. The molecule has 0 aromatic carbocycles. The number of allylic oxidation sites excluding steroid dienone is 2. The summed E-state index contributed by atoms with van der Waals surface area (Å²) in [4.78, 5) is 11.7. The molecule has 0 unspecified atom stereocenters. The topological polar surface area (TPSA) is 30.2 Å². The fourth-order valence-electron chi connectivity index (χ4n) is 2.11. The van der Waals surface area contributed by atoms with Gasteiger partial charge in [0.05, 0.1) is 12.5 Å². The number of carbonyl (C=O) groups excluding carboxylic acids is 1. The van der Waals surface area contributed by atoms with E-state index in [0.717, 1.165) is 37.7 Å². The molecular formula is C13H16O2. The molecular weight excluding hydrogens is 188 g/mol. The average Bonchev–Trinajstić information content (AvgIpc) is 2.70. The van der Waals surface area contributed by atoms with Gasteiger partial charge in [0.2, 0.25) is 0 Å². The second kappa shape index (κ2) is 4.47. The van der Waals surface area contributed by atoms with E-state index < -0.39 is 0 Å². The lowest BCUT2D eigenvalue weighted by Crippen LogP contribution is -2.11. The molecule has 1 aliphatic rings. The molecule has 0 spiro atoms. The Hall–Kier alpha value is -1.31. The summed E-state index contributed by atoms with van der Waals surface area (Å²) in [5.41, 5.74) is 3.52. The number of hydrogen-bond donors (Lipinski definition) is 0. The van der Waals surface area contributed by atoms with Gasteiger partial charge in [0.1, 0.15) is 0 Å². The minimum Gasteiger partial charge on any atom is -0.472 e. The summed E-state index contributed by atoms with van der Waals surface area (Å²) in [5, 5.41) is 0. The van der Waals surface area contributed by atoms with Gasteiger partial charge < -0.3 is 4.42 Å². The molecule has 1 heterocycles. The fraction of sp³-hybridized carbons (Fsp3) is 0.462. The van der Waals surface area contributed by atoms with Crippen LogP contribution in [0.2, 0.25) is 0 Å². The van der Waals surface area contributed by atoms with Crippen molar-refractivity contribution in [3.05, 3.63) is 35.3 Å². The van der Waals surface area contributed by atoms with Crippen molar-refractivity contribution in [1.29, 1.82) is 0 Å². The van der Waals surface area contributed by atoms with Crippen molar-refractivity contribution < 1.29 is 9.21 Å². The Labute approximate surface area is 90.0 Å². The van der Waals surface area contributed by atoms with E-state index in [-0.39, 0.29) is 0 Å². The van der Waals surface area contributed by atoms with E-state index in [2.05, 4.69) is 6.92 Å². The summed E-state index contributed by atoms with van der Waals surface area (Å²) in [6, 6.07) is 1.96. The summed E-state index contributed by atoms with van der Waals surface area (Å²) in [5.74, 6) is 0.349. The number of hydrogen-bond acceptors (Lipinski definition) is 2. The van der Waals surface area contributed by atoms with E-state index in [1.54, 1.807) is 12.5 Å². The molecule has 2 rings (SSSR count). The highest BCUT2D eigenvalue weighted by atomic mass is 16.3. The zero-order valence-corrected chi connectivity index (χ0v) is 9.08. The molecule has 0 atom stereocenters. The van der Waals surface area contributed by atoms with Crippen LogP contribution in [0.1, 0.15) is 38.2 Å². The third kappa shape index (κ3) is 2.38. The third-order valence-corrected chi connectivity index (χ3v) is 3.05. The number of rotatable bonds is 3. The highest BCUT2D eigenvalue weighted by Gasteiger charge is 2.17. The molecule has 0 bridgehead atoms. The molecule has 0 saturated carbocycles. The molecule has 15 heavy (non-hydrogen) atoms. The molecule has 0 saturated heterocycles. The number of aryl methyl sites for hydroxylation is 1. The van der Waals surface area contributed by atoms with E-state index in [1.165, 1.54) is 11.1 Å². The predicted molar refractivity (Wildman–Crippen MR) is 58.6 cm³/mol. The first-order valence-electron chi connectivity index (χ1n) is 5.50. The largest absolute Gasteiger partial charge is 0.472 e. The molecule has 1 aliphatic carbocycles. The molecule has 0 radical (unpaired) electrons. The Bertz CT molecular complexity index is 371. The minimum absolute atomic E-state index is 0.349. The van der Waals surface area contributed by atoms with Crippen molar-refractivity contribution in [1.82, 2.24) is 0 Å². The fourth-order valence-corrected chi connectivity index (χ4v) is 2.11. The van der Waals surface area contributed by atoms with Crippen LogP contribution in [0.25, 0.3) is 0 Å². The van der Waals surface area contributed by atoms with Crippen molar-refractivity contribution in [3.63, 3.8) is 0 Å². The highest BCUT2D eigenvalue weighted by molar-refractivity contribution is 5.96. The molecule has 0 N–H and O–H groups in total. The average molecular weight is 204 g/mol. The minimum atomic E-state index is 0.349. The van der Waals surface area contributed by atoms with Gasteiger partial charge in [0.25, 0.3) is 0 Å². The maximum Gasteiger partial charge on any atom is 0.158 e. The van der Waals surface area contributed by atoms with Crippen LogP contribution in [0.15, 0.2) is 34.2 Å². The van der Waals surface area contributed by atoms with Gasteiger partial charge in [-0.25, -0.2) is 0 Å². The summed E-state index contributed by atoms with van der Waals surface area (Å²) in [6.45, 7) is 2.09. The summed E-state index contributed by atoms with van der Waals surface area (Å²) < 4.78 is 5.01. The van der Waals surface area contributed by atoms with E-state index in [1.807, 2.05) is 6.07 Å². The summed E-state index contributed by atoms with van der Waals surface area (Å²) in [7, 11) is 0. The van der Waals surface area contributed by atoms with Gasteiger partial charge in [-0.15, -0.1) is 0 Å². The van der Waals surface area contributed by atoms with Crippen LogP contribution in [0.5, 0.6) is 0 Å². The smallest absolute Gasteiger partial charge is 0.158 e. The van der Waals surface area contributed by atoms with Crippen LogP contribution in [-0.2, 0) is 11.2 Å². The number of ketones is 1. The van der Waals surface area contributed by atoms with Crippen LogP contribution < -0.4 is 0 Å². The van der Waals surface area contributed by atoms with Crippen LogP contribution >= 0.6 is 0 Å². The van der Waals surface area contributed by atoms with Crippen LogP contribution in [0.4, 0.5) is 0 Å². The first-order chi connectivity index (χ1) is 7.27. The van der Waals surface area contributed by atoms with Gasteiger partial charge in [-0.2, -0.15) is 0 Å². The molecule has 2 heteroatoms. The van der Waals surface area contributed by atoms with Crippen LogP contribution in [0.3, 0.4) is 0 Å². The standard InChI is InChI=1S/C13H16O2/c1-10-3-2-4-13(14)12(10)6-5-11-7-8-15-9-11/h7-9H,2-6H2,1H3. The van der Waals surface area contributed by atoms with Crippen molar-refractivity contribution in [2.45, 2.75) is 39.0 Å². The second-order valence-electron chi connectivity index (χ2n) is 4.17. The second-order valence-corrected chi connectivity index (χ2v) is 4.17. The van der Waals surface area contributed by atoms with Crippen LogP contribution in [0, 0.1) is 0 Å². The normalized spacial score (nSPS) is 17.3. The third-order valence-electron chi connectivity index (χ3n) is 3.05. The van der Waals surface area contributed by atoms with Gasteiger partial charge in [-0.1, -0.05) is 5.57 Å². The molecule has 1 aromatic heterocycles. The Morgan fingerprint density at radius 2 is 2.20 bits per heavy atom. The summed E-state index contributed by atoms with van der Waals surface area (Å²) in [6.07, 6.45) is 8.06. The predicted octanol–water partition coefficient (Wildman–Crippen LogP) is 3.28. The molecule has 0 fully saturated rings. The van der Waals surface area contributed by atoms with Crippen molar-refractivity contribution in [3.8, 4) is 0 Å². The number of carbonyl (C=O) groups is 1. The van der Waals surface area contributed by atoms with Crippen LogP contribution in [-0.4, -0.2) is 5.78 Å². The molecule has 80 valence electrons. The van der Waals surface area contributed by atoms with Gasteiger partial charge in [0.15, 0.2) is 5.78 Å². The lowest BCUT2D eigenvalue weighted by atomic mass is 9.88. The lowest BCUT2D eigenvalue weighted by Gasteiger charge is -2.16. The molecule has 1 aromatic rings. The lowest BCUT2D eigenvalue weighted by molar-refractivity contribution is -0.116. The molecule has 0 amide bonds. The van der Waals surface area contributed by atoms with E-state index >= 15 is 0 Å². The van der Waals surface area contributed by atoms with Crippen molar-refractivity contribution in [2.75, 3.05) is 0 Å². The monoisotopic (exact) mass is 204 g/mol. The Morgan fingerprint density at radius 1 is 1.33 bits per heavy atom. The Balaban J connectivity index is 2.01. The van der Waals surface area contributed by atoms with Gasteiger partial charge in [-0.05, 0) is 49.8 Å². The van der Waals surface area contributed by atoms with Gasteiger partial charge in [0, 0.05) is 6.42 Å². The highest BCUT2D eigenvalue weighted by Crippen LogP contribution is 2.25.